The van der Waals surface area contributed by atoms with Crippen molar-refractivity contribution in [2.24, 2.45) is 0 Å². The van der Waals surface area contributed by atoms with E-state index in [9.17, 15) is 0 Å². The largest absolute Gasteiger partial charge is 0.338 e. The SMILES string of the molecule is Brc1ccc2[nH]c3nc(SCCN4CCCCCC4)nnc3c2c1.[HH]. The predicted octanol–water partition coefficient (Wildman–Crippen LogP) is 4.48. The molecule has 0 unspecified atom stereocenters. The molecule has 1 fully saturated rings. The van der Waals surface area contributed by atoms with Gasteiger partial charge in [0.15, 0.2) is 5.65 Å². The molecule has 0 radical (unpaired) electrons. The first-order valence-corrected chi connectivity index (χ1v) is 10.2. The van der Waals surface area contributed by atoms with Gasteiger partial charge in [-0.2, -0.15) is 0 Å². The Bertz CT molecular complexity index is 848. The lowest BCUT2D eigenvalue weighted by molar-refractivity contribution is 0.303. The van der Waals surface area contributed by atoms with Gasteiger partial charge >= 0.3 is 0 Å². The van der Waals surface area contributed by atoms with Gasteiger partial charge in [0.25, 0.3) is 0 Å². The third-order valence-electron chi connectivity index (χ3n) is 4.49. The quantitative estimate of drug-likeness (QED) is 0.645. The van der Waals surface area contributed by atoms with E-state index >= 15 is 0 Å². The number of likely N-dealkylation sites (tertiary alicyclic amines) is 1. The Labute approximate surface area is 155 Å². The highest BCUT2D eigenvalue weighted by atomic mass is 79.9. The van der Waals surface area contributed by atoms with E-state index in [0.29, 0.717) is 0 Å². The van der Waals surface area contributed by atoms with Crippen LogP contribution in [0.4, 0.5) is 0 Å². The summed E-state index contributed by atoms with van der Waals surface area (Å²) in [6.07, 6.45) is 5.42. The maximum Gasteiger partial charge on any atom is 0.211 e. The monoisotopic (exact) mass is 407 g/mol. The molecule has 0 aliphatic carbocycles. The molecule has 3 aromatic rings. The molecule has 3 heterocycles. The number of thioether (sulfide) groups is 1. The topological polar surface area (TPSA) is 57.7 Å². The van der Waals surface area contributed by atoms with Gasteiger partial charge in [0.2, 0.25) is 5.16 Å². The van der Waals surface area contributed by atoms with Crippen LogP contribution in [-0.2, 0) is 0 Å². The third-order valence-corrected chi connectivity index (χ3v) is 5.81. The summed E-state index contributed by atoms with van der Waals surface area (Å²) in [6, 6.07) is 6.10. The van der Waals surface area contributed by atoms with Crippen LogP contribution in [0.5, 0.6) is 0 Å². The molecule has 0 bridgehead atoms. The summed E-state index contributed by atoms with van der Waals surface area (Å²) < 4.78 is 1.04. The van der Waals surface area contributed by atoms with E-state index < -0.39 is 0 Å². The second kappa shape index (κ2) is 7.37. The zero-order valence-corrected chi connectivity index (χ0v) is 15.9. The minimum absolute atomic E-state index is 0. The molecule has 0 atom stereocenters. The lowest BCUT2D eigenvalue weighted by Gasteiger charge is -2.18. The Morgan fingerprint density at radius 1 is 1.17 bits per heavy atom. The smallest absolute Gasteiger partial charge is 0.211 e. The van der Waals surface area contributed by atoms with Gasteiger partial charge in [0.1, 0.15) is 5.52 Å². The van der Waals surface area contributed by atoms with E-state index in [1.165, 1.54) is 38.8 Å². The average molecular weight is 408 g/mol. The summed E-state index contributed by atoms with van der Waals surface area (Å²) in [6.45, 7) is 3.57. The molecule has 5 nitrogen and oxygen atoms in total. The van der Waals surface area contributed by atoms with Crippen LogP contribution >= 0.6 is 27.7 Å². The summed E-state index contributed by atoms with van der Waals surface area (Å²) >= 11 is 5.20. The van der Waals surface area contributed by atoms with Crippen molar-refractivity contribution in [2.45, 2.75) is 30.8 Å². The van der Waals surface area contributed by atoms with Crippen molar-refractivity contribution >= 4 is 49.8 Å². The van der Waals surface area contributed by atoms with Crippen LogP contribution in [0.3, 0.4) is 0 Å². The molecule has 1 aliphatic rings. The van der Waals surface area contributed by atoms with E-state index in [2.05, 4.69) is 47.1 Å². The van der Waals surface area contributed by atoms with Crippen molar-refractivity contribution in [3.8, 4) is 0 Å². The lowest BCUT2D eigenvalue weighted by Crippen LogP contribution is -2.27. The van der Waals surface area contributed by atoms with E-state index in [1.807, 2.05) is 12.1 Å². The van der Waals surface area contributed by atoms with E-state index in [1.54, 1.807) is 11.8 Å². The molecule has 1 saturated heterocycles. The van der Waals surface area contributed by atoms with Gasteiger partial charge in [-0.15, -0.1) is 10.2 Å². The van der Waals surface area contributed by atoms with Crippen molar-refractivity contribution in [3.63, 3.8) is 0 Å². The fourth-order valence-corrected chi connectivity index (χ4v) is 4.36. The number of nitrogens with one attached hydrogen (secondary N) is 1. The number of benzene rings is 1. The first-order valence-electron chi connectivity index (χ1n) is 8.46. The standard InChI is InChI=1S/C17H20BrN5S.H2/c18-12-5-6-14-13(11-12)15-16(19-14)20-17(22-21-15)24-10-9-23-7-3-1-2-4-8-23;/h5-6,11H,1-4,7-10H2,(H,19,20,22);1H. The van der Waals surface area contributed by atoms with Gasteiger partial charge in [0, 0.05) is 29.1 Å². The molecule has 7 heteroatoms. The minimum atomic E-state index is 0. The van der Waals surface area contributed by atoms with Crippen LogP contribution in [0.15, 0.2) is 27.8 Å². The maximum atomic E-state index is 4.64. The van der Waals surface area contributed by atoms with Crippen LogP contribution in [-0.4, -0.2) is 50.5 Å². The second-order valence-electron chi connectivity index (χ2n) is 6.21. The Morgan fingerprint density at radius 2 is 2.00 bits per heavy atom. The number of fused-ring (bicyclic) bond motifs is 3. The number of hydrogen-bond acceptors (Lipinski definition) is 5. The lowest BCUT2D eigenvalue weighted by atomic mass is 10.2. The number of H-pyrrole nitrogens is 1. The van der Waals surface area contributed by atoms with Gasteiger partial charge in [-0.05, 0) is 44.1 Å². The minimum Gasteiger partial charge on any atom is -0.338 e. The van der Waals surface area contributed by atoms with Crippen molar-refractivity contribution in [1.29, 1.82) is 0 Å². The van der Waals surface area contributed by atoms with E-state index in [0.717, 1.165) is 44.0 Å². The van der Waals surface area contributed by atoms with Crippen LogP contribution in [0, 0.1) is 0 Å². The molecule has 1 aromatic carbocycles. The number of aromatic amines is 1. The van der Waals surface area contributed by atoms with Gasteiger partial charge in [0.05, 0.1) is 0 Å². The fraction of sp³-hybridized carbons (Fsp3) is 0.471. The van der Waals surface area contributed by atoms with Gasteiger partial charge in [-0.3, -0.25) is 0 Å². The molecule has 1 N–H and O–H groups in total. The Balaban J connectivity index is 0.00000182. The Morgan fingerprint density at radius 3 is 2.83 bits per heavy atom. The molecule has 24 heavy (non-hydrogen) atoms. The summed E-state index contributed by atoms with van der Waals surface area (Å²) in [7, 11) is 0. The first-order chi connectivity index (χ1) is 11.8. The van der Waals surface area contributed by atoms with Crippen molar-refractivity contribution in [2.75, 3.05) is 25.4 Å². The molecule has 0 amide bonds. The second-order valence-corrected chi connectivity index (χ2v) is 8.19. The summed E-state index contributed by atoms with van der Waals surface area (Å²) in [5, 5.41) is 10.5. The Hall–Kier alpha value is -1.18. The molecule has 2 aromatic heterocycles. The predicted molar refractivity (Wildman–Crippen MR) is 105 cm³/mol. The molecular formula is C17H22BrN5S. The Kier molecular flexibility index (Phi) is 5.01. The third kappa shape index (κ3) is 3.58. The zero-order valence-electron chi connectivity index (χ0n) is 13.5. The van der Waals surface area contributed by atoms with Crippen LogP contribution < -0.4 is 0 Å². The fourth-order valence-electron chi connectivity index (χ4n) is 3.22. The number of hydrogen-bond donors (Lipinski definition) is 1. The van der Waals surface area contributed by atoms with Crippen molar-refractivity contribution in [1.82, 2.24) is 25.1 Å². The zero-order chi connectivity index (χ0) is 16.4. The van der Waals surface area contributed by atoms with Crippen LogP contribution in [0.2, 0.25) is 0 Å². The highest BCUT2D eigenvalue weighted by molar-refractivity contribution is 9.10. The molecule has 0 spiro atoms. The first kappa shape index (κ1) is 16.3. The van der Waals surface area contributed by atoms with E-state index in [4.69, 9.17) is 0 Å². The summed E-state index contributed by atoms with van der Waals surface area (Å²) in [5.74, 6) is 1.01. The van der Waals surface area contributed by atoms with Crippen LogP contribution in [0.25, 0.3) is 22.1 Å². The average Bonchev–Trinajstić information content (AvgIpc) is 2.75. The number of halogens is 1. The normalized spacial score (nSPS) is 16.7. The highest BCUT2D eigenvalue weighted by Crippen LogP contribution is 2.26. The van der Waals surface area contributed by atoms with Crippen LogP contribution in [0.1, 0.15) is 27.1 Å². The maximum absolute atomic E-state index is 4.64. The summed E-state index contributed by atoms with van der Waals surface area (Å²) in [5.41, 5.74) is 2.69. The molecular weight excluding hydrogens is 386 g/mol. The highest BCUT2D eigenvalue weighted by Gasteiger charge is 2.11. The number of nitrogens with zero attached hydrogens (tertiary/aromatic N) is 4. The van der Waals surface area contributed by atoms with Crippen molar-refractivity contribution < 1.29 is 1.43 Å². The number of rotatable bonds is 4. The van der Waals surface area contributed by atoms with Crippen molar-refractivity contribution in [3.05, 3.63) is 22.7 Å². The van der Waals surface area contributed by atoms with E-state index in [-0.39, 0.29) is 1.43 Å². The molecule has 0 saturated carbocycles. The van der Waals surface area contributed by atoms with Gasteiger partial charge < -0.3 is 9.88 Å². The summed E-state index contributed by atoms with van der Waals surface area (Å²) in [4.78, 5) is 10.5. The number of aromatic nitrogens is 4. The molecule has 4 rings (SSSR count). The van der Waals surface area contributed by atoms with Gasteiger partial charge in [-0.1, -0.05) is 40.5 Å². The molecule has 1 aliphatic heterocycles. The van der Waals surface area contributed by atoms with Gasteiger partial charge in [-0.25, -0.2) is 4.98 Å². The molecule has 128 valence electrons.